The molecule has 4 aromatic carbocycles. The van der Waals surface area contributed by atoms with Crippen LogP contribution in [0.2, 0.25) is 0 Å². The summed E-state index contributed by atoms with van der Waals surface area (Å²) in [7, 11) is 0. The molecule has 8 aromatic rings. The molecule has 0 bridgehead atoms. The summed E-state index contributed by atoms with van der Waals surface area (Å²) in [6, 6.07) is 39.4. The second-order valence-electron chi connectivity index (χ2n) is 11.7. The van der Waals surface area contributed by atoms with Gasteiger partial charge < -0.3 is 10.2 Å². The molecule has 0 spiro atoms. The molecule has 0 saturated carbocycles. The van der Waals surface area contributed by atoms with Gasteiger partial charge in [0.15, 0.2) is 0 Å². The van der Waals surface area contributed by atoms with Gasteiger partial charge in [-0.2, -0.15) is 0 Å². The highest BCUT2D eigenvalue weighted by atomic mass is 16.3. The number of aromatic hydroxyl groups is 2. The first kappa shape index (κ1) is 27.7. The quantitative estimate of drug-likeness (QED) is 0.140. The van der Waals surface area contributed by atoms with E-state index in [0.717, 1.165) is 103 Å². The standard InChI is InChI=1S/C40H30N4O2/c45-33-19-11-25(12-20-33)35-23-15-29-7-5-27-9-17-31(41-37(27)39(29)43-35)3-1-2-4-32-18-10-28-6-8-30-16-24-36(44-40(30)38(28)42-32)26-13-21-34(46)22-14-26/h5-24,45-46H,1-4H2. The van der Waals surface area contributed by atoms with Crippen molar-refractivity contribution in [3.63, 3.8) is 0 Å². The summed E-state index contributed by atoms with van der Waals surface area (Å²) in [5.74, 6) is 0.479. The molecule has 0 aliphatic rings. The average Bonchev–Trinajstić information content (AvgIpc) is 3.10. The first-order valence-corrected chi connectivity index (χ1v) is 15.6. The third-order valence-corrected chi connectivity index (χ3v) is 8.60. The normalized spacial score (nSPS) is 11.6. The lowest BCUT2D eigenvalue weighted by molar-refractivity contribution is 0.475. The van der Waals surface area contributed by atoms with Gasteiger partial charge in [-0.05, 0) is 98.5 Å². The molecular weight excluding hydrogens is 568 g/mol. The van der Waals surface area contributed by atoms with Crippen molar-refractivity contribution in [2.24, 2.45) is 0 Å². The smallest absolute Gasteiger partial charge is 0.115 e. The van der Waals surface area contributed by atoms with E-state index >= 15 is 0 Å². The van der Waals surface area contributed by atoms with Crippen LogP contribution in [0.25, 0.3) is 66.1 Å². The van der Waals surface area contributed by atoms with Gasteiger partial charge in [-0.1, -0.05) is 48.5 Å². The van der Waals surface area contributed by atoms with E-state index in [2.05, 4.69) is 60.7 Å². The van der Waals surface area contributed by atoms with Crippen LogP contribution >= 0.6 is 0 Å². The molecule has 222 valence electrons. The summed E-state index contributed by atoms with van der Waals surface area (Å²) < 4.78 is 0. The van der Waals surface area contributed by atoms with Crippen molar-refractivity contribution in [2.45, 2.75) is 25.7 Å². The van der Waals surface area contributed by atoms with E-state index in [1.807, 2.05) is 36.4 Å². The van der Waals surface area contributed by atoms with Crippen LogP contribution in [0.1, 0.15) is 24.2 Å². The maximum Gasteiger partial charge on any atom is 0.115 e. The highest BCUT2D eigenvalue weighted by Crippen LogP contribution is 2.29. The zero-order valence-electron chi connectivity index (χ0n) is 25.1. The van der Waals surface area contributed by atoms with Crippen molar-refractivity contribution in [3.05, 3.63) is 133 Å². The fourth-order valence-corrected chi connectivity index (χ4v) is 6.09. The fourth-order valence-electron chi connectivity index (χ4n) is 6.09. The summed E-state index contributed by atoms with van der Waals surface area (Å²) in [4.78, 5) is 20.1. The predicted molar refractivity (Wildman–Crippen MR) is 185 cm³/mol. The van der Waals surface area contributed by atoms with Crippen LogP contribution in [0, 0.1) is 0 Å². The van der Waals surface area contributed by atoms with Gasteiger partial charge in [-0.3, -0.25) is 9.97 Å². The molecule has 46 heavy (non-hydrogen) atoms. The minimum absolute atomic E-state index is 0.240. The summed E-state index contributed by atoms with van der Waals surface area (Å²) in [5.41, 5.74) is 9.34. The molecule has 0 aliphatic carbocycles. The summed E-state index contributed by atoms with van der Waals surface area (Å²) in [5, 5.41) is 23.6. The Labute approximate surface area is 265 Å². The van der Waals surface area contributed by atoms with Crippen LogP contribution in [0.4, 0.5) is 0 Å². The van der Waals surface area contributed by atoms with Crippen LogP contribution in [-0.2, 0) is 12.8 Å². The van der Waals surface area contributed by atoms with Gasteiger partial charge in [-0.15, -0.1) is 0 Å². The molecule has 0 amide bonds. The number of aromatic nitrogens is 4. The van der Waals surface area contributed by atoms with Gasteiger partial charge in [0.2, 0.25) is 0 Å². The van der Waals surface area contributed by atoms with E-state index in [9.17, 15) is 10.2 Å². The monoisotopic (exact) mass is 598 g/mol. The van der Waals surface area contributed by atoms with Crippen LogP contribution in [-0.4, -0.2) is 30.1 Å². The Morgan fingerprint density at radius 3 is 1.07 bits per heavy atom. The third kappa shape index (κ3) is 5.35. The van der Waals surface area contributed by atoms with Crippen molar-refractivity contribution in [2.75, 3.05) is 0 Å². The Hall–Kier alpha value is -5.88. The number of unbranched alkanes of at least 4 members (excludes halogenated alkanes) is 1. The average molecular weight is 599 g/mol. The lowest BCUT2D eigenvalue weighted by Gasteiger charge is -2.09. The van der Waals surface area contributed by atoms with E-state index in [-0.39, 0.29) is 11.5 Å². The Bertz CT molecular complexity index is 2220. The minimum Gasteiger partial charge on any atom is -0.508 e. The zero-order chi connectivity index (χ0) is 31.0. The number of rotatable bonds is 7. The second kappa shape index (κ2) is 11.6. The van der Waals surface area contributed by atoms with Crippen LogP contribution < -0.4 is 0 Å². The van der Waals surface area contributed by atoms with Gasteiger partial charge in [0.05, 0.1) is 33.5 Å². The molecule has 2 N–H and O–H groups in total. The van der Waals surface area contributed by atoms with Crippen molar-refractivity contribution < 1.29 is 10.2 Å². The minimum atomic E-state index is 0.240. The third-order valence-electron chi connectivity index (χ3n) is 8.60. The van der Waals surface area contributed by atoms with Crippen LogP contribution in [0.5, 0.6) is 11.5 Å². The fraction of sp³-hybridized carbons (Fsp3) is 0.100. The Morgan fingerprint density at radius 1 is 0.348 bits per heavy atom. The number of phenolic OH excluding ortho intramolecular Hbond substituents is 2. The highest BCUT2D eigenvalue weighted by molar-refractivity contribution is 6.04. The van der Waals surface area contributed by atoms with Gasteiger partial charge in [-0.25, -0.2) is 9.97 Å². The molecule has 0 fully saturated rings. The molecular formula is C40H30N4O2. The molecule has 8 rings (SSSR count). The largest absolute Gasteiger partial charge is 0.508 e. The maximum atomic E-state index is 9.69. The second-order valence-corrected chi connectivity index (χ2v) is 11.7. The van der Waals surface area contributed by atoms with Crippen molar-refractivity contribution >= 4 is 43.6 Å². The highest BCUT2D eigenvalue weighted by Gasteiger charge is 2.10. The molecule has 0 unspecified atom stereocenters. The Morgan fingerprint density at radius 2 is 0.674 bits per heavy atom. The van der Waals surface area contributed by atoms with Gasteiger partial charge >= 0.3 is 0 Å². The van der Waals surface area contributed by atoms with Crippen molar-refractivity contribution in [1.82, 2.24) is 19.9 Å². The van der Waals surface area contributed by atoms with Crippen molar-refractivity contribution in [3.8, 4) is 34.0 Å². The number of hydrogen-bond acceptors (Lipinski definition) is 6. The van der Waals surface area contributed by atoms with Crippen LogP contribution in [0.15, 0.2) is 121 Å². The Kier molecular flexibility index (Phi) is 6.95. The van der Waals surface area contributed by atoms with Crippen LogP contribution in [0.3, 0.4) is 0 Å². The predicted octanol–water partition coefficient (Wildman–Crippen LogP) is 9.19. The first-order valence-electron chi connectivity index (χ1n) is 15.6. The number of hydrogen-bond donors (Lipinski definition) is 2. The molecule has 0 saturated heterocycles. The molecule has 0 radical (unpaired) electrons. The SMILES string of the molecule is Oc1ccc(-c2ccc3ccc4ccc(CCCCc5ccc6ccc7ccc(-c8ccc(O)cc8)nc7c6n5)nc4c3n2)cc1. The van der Waals surface area contributed by atoms with Gasteiger partial charge in [0.1, 0.15) is 11.5 Å². The number of phenols is 2. The first-order chi connectivity index (χ1) is 22.6. The molecule has 4 heterocycles. The number of fused-ring (bicyclic) bond motifs is 6. The lowest BCUT2D eigenvalue weighted by Crippen LogP contribution is -1.96. The van der Waals surface area contributed by atoms with Gasteiger partial charge in [0, 0.05) is 44.1 Å². The maximum absolute atomic E-state index is 9.69. The zero-order valence-corrected chi connectivity index (χ0v) is 25.1. The van der Waals surface area contributed by atoms with E-state index in [4.69, 9.17) is 19.9 Å². The molecule has 6 nitrogen and oxygen atoms in total. The molecule has 4 aromatic heterocycles. The van der Waals surface area contributed by atoms with E-state index in [1.165, 1.54) is 0 Å². The molecule has 0 atom stereocenters. The number of nitrogens with zero attached hydrogens (tertiary/aromatic N) is 4. The number of pyridine rings is 4. The number of aryl methyl sites for hydroxylation is 2. The summed E-state index contributed by atoms with van der Waals surface area (Å²) in [6.45, 7) is 0. The summed E-state index contributed by atoms with van der Waals surface area (Å²) in [6.07, 6.45) is 3.73. The molecule has 0 aliphatic heterocycles. The number of benzene rings is 4. The van der Waals surface area contributed by atoms with Gasteiger partial charge in [0.25, 0.3) is 0 Å². The van der Waals surface area contributed by atoms with E-state index in [1.54, 1.807) is 24.3 Å². The molecule has 6 heteroatoms. The van der Waals surface area contributed by atoms with E-state index < -0.39 is 0 Å². The van der Waals surface area contributed by atoms with E-state index in [0.29, 0.717) is 0 Å². The lowest BCUT2D eigenvalue weighted by atomic mass is 10.0. The van der Waals surface area contributed by atoms with Crippen molar-refractivity contribution in [1.29, 1.82) is 0 Å². The topological polar surface area (TPSA) is 92.0 Å². The summed E-state index contributed by atoms with van der Waals surface area (Å²) >= 11 is 0. The Balaban J connectivity index is 1.01.